The second-order valence-electron chi connectivity index (χ2n) is 6.31. The second-order valence-corrected chi connectivity index (χ2v) is 6.31. The fourth-order valence-electron chi connectivity index (χ4n) is 3.32. The molecule has 0 bridgehead atoms. The fourth-order valence-corrected chi connectivity index (χ4v) is 3.32. The van der Waals surface area contributed by atoms with Gasteiger partial charge in [0.1, 0.15) is 6.10 Å². The number of hydrogen-bond acceptors (Lipinski definition) is 6. The minimum Gasteiger partial charge on any atom is -0.478 e. The molecule has 1 heterocycles. The van der Waals surface area contributed by atoms with Crippen molar-refractivity contribution < 1.29 is 34.0 Å². The first kappa shape index (κ1) is 18.4. The van der Waals surface area contributed by atoms with E-state index in [9.17, 15) is 9.90 Å². The molecule has 23 heavy (non-hydrogen) atoms. The molecule has 5 unspecified atom stereocenters. The third kappa shape index (κ3) is 4.30. The molecule has 7 nitrogen and oxygen atoms in total. The van der Waals surface area contributed by atoms with Crippen LogP contribution in [0.25, 0.3) is 0 Å². The quantitative estimate of drug-likeness (QED) is 0.560. The number of rotatable bonds is 6. The topological polar surface area (TPSA) is 94.5 Å². The van der Waals surface area contributed by atoms with Gasteiger partial charge in [-0.15, -0.1) is 0 Å². The Balaban J connectivity index is 2.26. The molecule has 7 heteroatoms. The van der Waals surface area contributed by atoms with E-state index in [-0.39, 0.29) is 12.7 Å². The van der Waals surface area contributed by atoms with Crippen molar-refractivity contribution in [3.05, 3.63) is 11.6 Å². The van der Waals surface area contributed by atoms with Gasteiger partial charge >= 0.3 is 5.97 Å². The van der Waals surface area contributed by atoms with Gasteiger partial charge in [0.2, 0.25) is 0 Å². The van der Waals surface area contributed by atoms with Crippen molar-refractivity contribution in [3.63, 3.8) is 0 Å². The Labute approximate surface area is 136 Å². The molecule has 2 aliphatic rings. The molecular weight excluding hydrogens is 304 g/mol. The van der Waals surface area contributed by atoms with Crippen LogP contribution in [0.3, 0.4) is 0 Å². The highest BCUT2D eigenvalue weighted by Gasteiger charge is 2.53. The predicted molar refractivity (Wildman–Crippen MR) is 80.7 cm³/mol. The first-order valence-corrected chi connectivity index (χ1v) is 7.94. The molecule has 0 amide bonds. The zero-order chi connectivity index (χ0) is 17.2. The summed E-state index contributed by atoms with van der Waals surface area (Å²) in [7, 11) is 0. The zero-order valence-corrected chi connectivity index (χ0v) is 14.0. The van der Waals surface area contributed by atoms with Crippen molar-refractivity contribution in [1.29, 1.82) is 0 Å². The zero-order valence-electron chi connectivity index (χ0n) is 14.0. The van der Waals surface area contributed by atoms with Crippen molar-refractivity contribution >= 4 is 5.97 Å². The van der Waals surface area contributed by atoms with Gasteiger partial charge in [0.05, 0.1) is 18.8 Å². The van der Waals surface area contributed by atoms with E-state index >= 15 is 0 Å². The maximum atomic E-state index is 11.1. The lowest BCUT2D eigenvalue weighted by Crippen LogP contribution is -2.49. The van der Waals surface area contributed by atoms with Gasteiger partial charge in [-0.2, -0.15) is 0 Å². The molecule has 1 saturated heterocycles. The van der Waals surface area contributed by atoms with Crippen molar-refractivity contribution in [2.24, 2.45) is 5.92 Å². The second kappa shape index (κ2) is 7.27. The van der Waals surface area contributed by atoms with Gasteiger partial charge in [0.15, 0.2) is 12.1 Å². The fraction of sp³-hybridized carbons (Fsp3) is 0.812. The summed E-state index contributed by atoms with van der Waals surface area (Å²) >= 11 is 0. The normalized spacial score (nSPS) is 36.0. The molecule has 0 radical (unpaired) electrons. The number of aliphatic hydroxyl groups is 1. The van der Waals surface area contributed by atoms with Crippen LogP contribution < -0.4 is 0 Å². The summed E-state index contributed by atoms with van der Waals surface area (Å²) in [6.07, 6.45) is -0.168. The predicted octanol–water partition coefficient (Wildman–Crippen LogP) is 1.30. The van der Waals surface area contributed by atoms with E-state index in [1.54, 1.807) is 20.8 Å². The van der Waals surface area contributed by atoms with Gasteiger partial charge in [0, 0.05) is 18.6 Å². The number of carboxylic acids is 1. The van der Waals surface area contributed by atoms with Crippen molar-refractivity contribution in [3.8, 4) is 0 Å². The number of aliphatic carboxylic acids is 1. The van der Waals surface area contributed by atoms with Gasteiger partial charge in [-0.1, -0.05) is 5.57 Å². The summed E-state index contributed by atoms with van der Waals surface area (Å²) in [6, 6.07) is 0. The van der Waals surface area contributed by atoms with Crippen molar-refractivity contribution in [2.45, 2.75) is 64.5 Å². The van der Waals surface area contributed by atoms with Crippen LogP contribution in [0.1, 0.15) is 34.1 Å². The summed E-state index contributed by atoms with van der Waals surface area (Å²) in [4.78, 5) is 11.1. The summed E-state index contributed by atoms with van der Waals surface area (Å²) < 4.78 is 23.2. The maximum Gasteiger partial charge on any atom is 0.328 e. The van der Waals surface area contributed by atoms with Crippen molar-refractivity contribution in [2.75, 3.05) is 13.2 Å². The van der Waals surface area contributed by atoms with E-state index in [0.717, 1.165) is 6.08 Å². The number of carboxylic acid groups (broad SMARTS) is 1. The smallest absolute Gasteiger partial charge is 0.328 e. The summed E-state index contributed by atoms with van der Waals surface area (Å²) in [5.74, 6) is -2.27. The molecular formula is C16H26O7. The van der Waals surface area contributed by atoms with E-state index in [4.69, 9.17) is 24.1 Å². The average molecular weight is 330 g/mol. The Kier molecular flexibility index (Phi) is 5.80. The first-order chi connectivity index (χ1) is 10.8. The van der Waals surface area contributed by atoms with Crippen LogP contribution in [0.4, 0.5) is 0 Å². The molecule has 1 aliphatic heterocycles. The number of carbonyl (C=O) groups is 1. The number of ether oxygens (including phenoxy) is 4. The maximum absolute atomic E-state index is 11.1. The molecule has 0 spiro atoms. The van der Waals surface area contributed by atoms with Crippen LogP contribution in [0.5, 0.6) is 0 Å². The number of hydrogen-bond donors (Lipinski definition) is 2. The highest BCUT2D eigenvalue weighted by atomic mass is 16.8. The third-order valence-electron chi connectivity index (χ3n) is 4.11. The van der Waals surface area contributed by atoms with Crippen molar-refractivity contribution in [1.82, 2.24) is 0 Å². The molecule has 5 atom stereocenters. The van der Waals surface area contributed by atoms with Gasteiger partial charge in [0.25, 0.3) is 0 Å². The van der Waals surface area contributed by atoms with Crippen LogP contribution in [0.2, 0.25) is 0 Å². The van der Waals surface area contributed by atoms with Gasteiger partial charge < -0.3 is 29.2 Å². The standard InChI is InChI=1S/C16H26O7/c1-5-20-9(2)21-12-6-10(7-13(18)19)11(8-17)14-15(12)23-16(3,4)22-14/h7,9,11-12,14-15,17H,5-6,8H2,1-4H3,(H,18,19). The molecule has 0 aromatic rings. The lowest BCUT2D eigenvalue weighted by molar-refractivity contribution is -0.201. The average Bonchev–Trinajstić information content (AvgIpc) is 2.74. The Morgan fingerprint density at radius 2 is 2.09 bits per heavy atom. The Hall–Kier alpha value is -0.990. The molecule has 2 N–H and O–H groups in total. The largest absolute Gasteiger partial charge is 0.478 e. The van der Waals surface area contributed by atoms with Gasteiger partial charge in [-0.05, 0) is 34.1 Å². The molecule has 0 aromatic carbocycles. The summed E-state index contributed by atoms with van der Waals surface area (Å²) in [5.41, 5.74) is 0.594. The van der Waals surface area contributed by atoms with E-state index in [0.29, 0.717) is 18.6 Å². The minimum atomic E-state index is -1.05. The summed E-state index contributed by atoms with van der Waals surface area (Å²) in [5, 5.41) is 18.8. The molecule has 0 aromatic heterocycles. The number of fused-ring (bicyclic) bond motifs is 1. The Bertz CT molecular complexity index is 459. The van der Waals surface area contributed by atoms with Crippen LogP contribution >= 0.6 is 0 Å². The van der Waals surface area contributed by atoms with Gasteiger partial charge in [-0.3, -0.25) is 0 Å². The molecule has 1 saturated carbocycles. The van der Waals surface area contributed by atoms with Crippen LogP contribution in [-0.4, -0.2) is 59.8 Å². The molecule has 1 aliphatic carbocycles. The van der Waals surface area contributed by atoms with E-state index in [2.05, 4.69) is 0 Å². The highest BCUT2D eigenvalue weighted by Crippen LogP contribution is 2.43. The van der Waals surface area contributed by atoms with E-state index in [1.807, 2.05) is 6.92 Å². The van der Waals surface area contributed by atoms with E-state index in [1.165, 1.54) is 0 Å². The highest BCUT2D eigenvalue weighted by molar-refractivity contribution is 5.80. The van der Waals surface area contributed by atoms with Crippen LogP contribution in [0, 0.1) is 5.92 Å². The van der Waals surface area contributed by atoms with Crippen LogP contribution in [-0.2, 0) is 23.7 Å². The summed E-state index contributed by atoms with van der Waals surface area (Å²) in [6.45, 7) is 7.57. The first-order valence-electron chi connectivity index (χ1n) is 7.94. The van der Waals surface area contributed by atoms with Crippen LogP contribution in [0.15, 0.2) is 11.6 Å². The monoisotopic (exact) mass is 330 g/mol. The lowest BCUT2D eigenvalue weighted by atomic mass is 9.78. The van der Waals surface area contributed by atoms with Gasteiger partial charge in [-0.25, -0.2) is 4.79 Å². The molecule has 2 rings (SSSR count). The lowest BCUT2D eigenvalue weighted by Gasteiger charge is -2.38. The van der Waals surface area contributed by atoms with E-state index < -0.39 is 36.2 Å². The SMILES string of the molecule is CCOC(C)OC1CC(=CC(=O)O)C(CO)C2OC(C)(C)OC12. The molecule has 2 fully saturated rings. The molecule has 132 valence electrons. The Morgan fingerprint density at radius 1 is 1.43 bits per heavy atom. The third-order valence-corrected chi connectivity index (χ3v) is 4.11. The Morgan fingerprint density at radius 3 is 2.65 bits per heavy atom. The minimum absolute atomic E-state index is 0.201. The number of aliphatic hydroxyl groups excluding tert-OH is 1.